The molecule has 2 rings (SSSR count). The van der Waals surface area contributed by atoms with E-state index in [4.69, 9.17) is 9.84 Å². The van der Waals surface area contributed by atoms with Gasteiger partial charge in [-0.2, -0.15) is 0 Å². The van der Waals surface area contributed by atoms with E-state index < -0.39 is 5.97 Å². The Bertz CT molecular complexity index is 450. The molecule has 1 saturated heterocycles. The molecule has 4 nitrogen and oxygen atoms in total. The summed E-state index contributed by atoms with van der Waals surface area (Å²) in [6.45, 7) is 1.06. The molecule has 1 aliphatic rings. The Balaban J connectivity index is 2.20. The van der Waals surface area contributed by atoms with Crippen LogP contribution in [-0.4, -0.2) is 24.7 Å². The third-order valence-corrected chi connectivity index (χ3v) is 3.75. The third-order valence-electron chi connectivity index (χ3n) is 3.26. The number of benzene rings is 1. The van der Waals surface area contributed by atoms with Crippen molar-refractivity contribution in [2.75, 3.05) is 13.7 Å². The zero-order valence-corrected chi connectivity index (χ0v) is 11.7. The van der Waals surface area contributed by atoms with Gasteiger partial charge >= 0.3 is 5.97 Å². The number of carboxylic acids is 1. The smallest absolute Gasteiger partial charge is 0.307 e. The van der Waals surface area contributed by atoms with Gasteiger partial charge in [0.1, 0.15) is 0 Å². The van der Waals surface area contributed by atoms with E-state index in [0.29, 0.717) is 19.6 Å². The number of ether oxygens (including phenoxy) is 1. The topological polar surface area (TPSA) is 58.6 Å². The van der Waals surface area contributed by atoms with Gasteiger partial charge in [0, 0.05) is 24.2 Å². The number of hydrogen-bond donors (Lipinski definition) is 2. The number of nitrogens with one attached hydrogen (secondary N) is 1. The van der Waals surface area contributed by atoms with Gasteiger partial charge in [0.05, 0.1) is 12.5 Å². The van der Waals surface area contributed by atoms with Crippen LogP contribution in [-0.2, 0) is 16.1 Å². The van der Waals surface area contributed by atoms with Crippen molar-refractivity contribution in [2.24, 2.45) is 5.92 Å². The molecule has 0 spiro atoms. The van der Waals surface area contributed by atoms with Gasteiger partial charge in [-0.25, -0.2) is 0 Å². The second-order valence-corrected chi connectivity index (χ2v) is 5.42. The van der Waals surface area contributed by atoms with Crippen LogP contribution in [0.5, 0.6) is 0 Å². The van der Waals surface area contributed by atoms with E-state index in [9.17, 15) is 4.79 Å². The summed E-state index contributed by atoms with van der Waals surface area (Å²) in [7, 11) is 1.66. The van der Waals surface area contributed by atoms with E-state index in [1.165, 1.54) is 0 Å². The molecule has 0 bridgehead atoms. The van der Waals surface area contributed by atoms with Gasteiger partial charge in [-0.15, -0.1) is 0 Å². The zero-order valence-electron chi connectivity index (χ0n) is 10.1. The largest absolute Gasteiger partial charge is 0.481 e. The van der Waals surface area contributed by atoms with E-state index in [1.54, 1.807) is 7.11 Å². The van der Waals surface area contributed by atoms with Crippen LogP contribution in [0.2, 0.25) is 0 Å². The van der Waals surface area contributed by atoms with Gasteiger partial charge in [0.15, 0.2) is 0 Å². The summed E-state index contributed by atoms with van der Waals surface area (Å²) < 4.78 is 6.20. The van der Waals surface area contributed by atoms with Crippen molar-refractivity contribution in [3.05, 3.63) is 33.8 Å². The Morgan fingerprint density at radius 3 is 3.00 bits per heavy atom. The van der Waals surface area contributed by atoms with Crippen LogP contribution >= 0.6 is 15.9 Å². The molecule has 5 heteroatoms. The van der Waals surface area contributed by atoms with E-state index in [0.717, 1.165) is 15.6 Å². The molecular formula is C13H16BrNO3. The highest BCUT2D eigenvalue weighted by Crippen LogP contribution is 2.31. The van der Waals surface area contributed by atoms with Gasteiger partial charge in [0.2, 0.25) is 0 Å². The molecule has 1 aromatic carbocycles. The van der Waals surface area contributed by atoms with Crippen LogP contribution < -0.4 is 5.32 Å². The first-order valence-electron chi connectivity index (χ1n) is 5.85. The summed E-state index contributed by atoms with van der Waals surface area (Å²) >= 11 is 3.44. The summed E-state index contributed by atoms with van der Waals surface area (Å²) in [5, 5.41) is 12.3. The maximum atomic E-state index is 11.0. The van der Waals surface area contributed by atoms with Crippen LogP contribution in [0.4, 0.5) is 0 Å². The fourth-order valence-corrected chi connectivity index (χ4v) is 2.76. The minimum absolute atomic E-state index is 0.101. The molecule has 1 fully saturated rings. The first-order chi connectivity index (χ1) is 8.61. The fourth-order valence-electron chi connectivity index (χ4n) is 2.36. The Morgan fingerprint density at radius 1 is 1.61 bits per heavy atom. The standard InChI is InChI=1S/C13H16BrNO3/c1-18-7-9-4-10(14)2-3-11(9)12-5-8(6-15-12)13(16)17/h2-4,8,12,15H,5-7H2,1H3,(H,16,17). The summed E-state index contributed by atoms with van der Waals surface area (Å²) in [6.07, 6.45) is 0.633. The van der Waals surface area contributed by atoms with E-state index in [-0.39, 0.29) is 12.0 Å². The van der Waals surface area contributed by atoms with Crippen LogP contribution in [0.15, 0.2) is 22.7 Å². The average Bonchev–Trinajstić information content (AvgIpc) is 2.79. The molecule has 0 aliphatic carbocycles. The molecule has 1 heterocycles. The fraction of sp³-hybridized carbons (Fsp3) is 0.462. The Kier molecular flexibility index (Phi) is 4.37. The number of aliphatic carboxylic acids is 1. The van der Waals surface area contributed by atoms with Crippen molar-refractivity contribution in [3.63, 3.8) is 0 Å². The number of methoxy groups -OCH3 is 1. The first-order valence-corrected chi connectivity index (χ1v) is 6.64. The summed E-state index contributed by atoms with van der Waals surface area (Å²) in [5.74, 6) is -1.02. The molecule has 1 aliphatic heterocycles. The Labute approximate surface area is 114 Å². The van der Waals surface area contributed by atoms with Crippen LogP contribution in [0.3, 0.4) is 0 Å². The van der Waals surface area contributed by atoms with Crippen molar-refractivity contribution in [2.45, 2.75) is 19.1 Å². The van der Waals surface area contributed by atoms with Gasteiger partial charge in [-0.05, 0) is 29.7 Å². The molecule has 2 atom stereocenters. The number of rotatable bonds is 4. The van der Waals surface area contributed by atoms with E-state index in [1.807, 2.05) is 18.2 Å². The lowest BCUT2D eigenvalue weighted by Gasteiger charge is -2.16. The molecule has 1 aromatic rings. The van der Waals surface area contributed by atoms with Crippen molar-refractivity contribution in [3.8, 4) is 0 Å². The van der Waals surface area contributed by atoms with Crippen LogP contribution in [0.1, 0.15) is 23.6 Å². The molecule has 0 radical (unpaired) electrons. The highest BCUT2D eigenvalue weighted by molar-refractivity contribution is 9.10. The van der Waals surface area contributed by atoms with Gasteiger partial charge in [-0.1, -0.05) is 22.0 Å². The minimum Gasteiger partial charge on any atom is -0.481 e. The summed E-state index contributed by atoms with van der Waals surface area (Å²) in [5.41, 5.74) is 2.22. The molecule has 2 N–H and O–H groups in total. The SMILES string of the molecule is COCc1cc(Br)ccc1C1CC(C(=O)O)CN1. The highest BCUT2D eigenvalue weighted by atomic mass is 79.9. The zero-order chi connectivity index (χ0) is 13.1. The number of hydrogen-bond acceptors (Lipinski definition) is 3. The highest BCUT2D eigenvalue weighted by Gasteiger charge is 2.31. The summed E-state index contributed by atoms with van der Waals surface area (Å²) in [6, 6.07) is 6.13. The lowest BCUT2D eigenvalue weighted by molar-refractivity contribution is -0.141. The lowest BCUT2D eigenvalue weighted by Crippen LogP contribution is -2.17. The van der Waals surface area contributed by atoms with Crippen molar-refractivity contribution in [1.82, 2.24) is 5.32 Å². The van der Waals surface area contributed by atoms with Gasteiger partial charge < -0.3 is 15.2 Å². The molecule has 18 heavy (non-hydrogen) atoms. The van der Waals surface area contributed by atoms with E-state index >= 15 is 0 Å². The molecule has 98 valence electrons. The maximum absolute atomic E-state index is 11.0. The maximum Gasteiger partial charge on any atom is 0.307 e. The quantitative estimate of drug-likeness (QED) is 0.895. The molecule has 0 amide bonds. The first kappa shape index (κ1) is 13.5. The van der Waals surface area contributed by atoms with Gasteiger partial charge in [0.25, 0.3) is 0 Å². The molecule has 0 aromatic heterocycles. The van der Waals surface area contributed by atoms with Crippen LogP contribution in [0, 0.1) is 5.92 Å². The minimum atomic E-state index is -0.726. The lowest BCUT2D eigenvalue weighted by atomic mass is 9.96. The third kappa shape index (κ3) is 2.91. The number of halogens is 1. The molecule has 2 unspecified atom stereocenters. The molecular weight excluding hydrogens is 298 g/mol. The summed E-state index contributed by atoms with van der Waals surface area (Å²) in [4.78, 5) is 11.0. The Hall–Kier alpha value is -0.910. The van der Waals surface area contributed by atoms with Crippen molar-refractivity contribution < 1.29 is 14.6 Å². The van der Waals surface area contributed by atoms with Gasteiger partial charge in [-0.3, -0.25) is 4.79 Å². The monoisotopic (exact) mass is 313 g/mol. The number of carboxylic acid groups (broad SMARTS) is 1. The van der Waals surface area contributed by atoms with Crippen molar-refractivity contribution >= 4 is 21.9 Å². The number of carbonyl (C=O) groups is 1. The molecule has 0 saturated carbocycles. The predicted molar refractivity (Wildman–Crippen MR) is 71.3 cm³/mol. The normalized spacial score (nSPS) is 23.2. The Morgan fingerprint density at radius 2 is 2.39 bits per heavy atom. The second kappa shape index (κ2) is 5.82. The van der Waals surface area contributed by atoms with E-state index in [2.05, 4.69) is 21.2 Å². The average molecular weight is 314 g/mol. The predicted octanol–water partition coefficient (Wildman–Crippen LogP) is 2.33. The second-order valence-electron chi connectivity index (χ2n) is 4.51. The van der Waals surface area contributed by atoms with Crippen LogP contribution in [0.25, 0.3) is 0 Å². The van der Waals surface area contributed by atoms with Crippen molar-refractivity contribution in [1.29, 1.82) is 0 Å².